The van der Waals surface area contributed by atoms with Gasteiger partial charge in [0.25, 0.3) is 5.91 Å². The molecule has 0 atom stereocenters. The quantitative estimate of drug-likeness (QED) is 0.754. The van der Waals surface area contributed by atoms with Crippen molar-refractivity contribution in [3.63, 3.8) is 0 Å². The van der Waals surface area contributed by atoms with Gasteiger partial charge in [0, 0.05) is 6.04 Å². The van der Waals surface area contributed by atoms with Crippen molar-refractivity contribution in [3.05, 3.63) is 35.1 Å². The number of nitrogens with zero attached hydrogens (tertiary/aromatic N) is 2. The summed E-state index contributed by atoms with van der Waals surface area (Å²) < 4.78 is 13.8. The molecule has 1 rings (SSSR count). The van der Waals surface area contributed by atoms with E-state index in [2.05, 4.69) is 0 Å². The van der Waals surface area contributed by atoms with E-state index in [1.807, 2.05) is 6.07 Å². The molecule has 0 radical (unpaired) electrons. The van der Waals surface area contributed by atoms with Gasteiger partial charge in [0.05, 0.1) is 11.6 Å². The predicted octanol–water partition coefficient (Wildman–Crippen LogP) is 2.51. The molecule has 0 saturated carbocycles. The standard InChI is InChI=1S/C13H15FN2O/c1-9(2)16(8-7-15)13(17)11-6-4-5-10(3)12(11)14/h4-6,9H,8H2,1-3H3. The highest BCUT2D eigenvalue weighted by molar-refractivity contribution is 5.95. The smallest absolute Gasteiger partial charge is 0.257 e. The first-order valence-electron chi connectivity index (χ1n) is 5.42. The van der Waals surface area contributed by atoms with Crippen molar-refractivity contribution in [3.8, 4) is 6.07 Å². The minimum Gasteiger partial charge on any atom is -0.323 e. The number of hydrogen-bond donors (Lipinski definition) is 0. The van der Waals surface area contributed by atoms with E-state index in [1.54, 1.807) is 32.9 Å². The molecular weight excluding hydrogens is 219 g/mol. The highest BCUT2D eigenvalue weighted by Gasteiger charge is 2.21. The average molecular weight is 234 g/mol. The van der Waals surface area contributed by atoms with Crippen LogP contribution in [0.2, 0.25) is 0 Å². The lowest BCUT2D eigenvalue weighted by Gasteiger charge is -2.24. The summed E-state index contributed by atoms with van der Waals surface area (Å²) >= 11 is 0. The molecule has 1 aromatic rings. The van der Waals surface area contributed by atoms with Crippen LogP contribution in [-0.4, -0.2) is 23.4 Å². The van der Waals surface area contributed by atoms with Crippen LogP contribution in [0.5, 0.6) is 0 Å². The normalized spacial score (nSPS) is 10.1. The number of hydrogen-bond acceptors (Lipinski definition) is 2. The topological polar surface area (TPSA) is 44.1 Å². The molecule has 0 aromatic heterocycles. The van der Waals surface area contributed by atoms with Gasteiger partial charge in [-0.05, 0) is 32.4 Å². The number of rotatable bonds is 3. The Labute approximate surface area is 100 Å². The minimum absolute atomic E-state index is 0.0222. The SMILES string of the molecule is Cc1cccc(C(=O)N(CC#N)C(C)C)c1F. The number of amides is 1. The van der Waals surface area contributed by atoms with Crippen molar-refractivity contribution in [2.45, 2.75) is 26.8 Å². The van der Waals surface area contributed by atoms with E-state index in [-0.39, 0.29) is 18.2 Å². The predicted molar refractivity (Wildman–Crippen MR) is 62.9 cm³/mol. The van der Waals surface area contributed by atoms with Crippen molar-refractivity contribution < 1.29 is 9.18 Å². The summed E-state index contributed by atoms with van der Waals surface area (Å²) in [4.78, 5) is 13.4. The van der Waals surface area contributed by atoms with Gasteiger partial charge in [0.1, 0.15) is 12.4 Å². The van der Waals surface area contributed by atoms with Gasteiger partial charge in [-0.15, -0.1) is 0 Å². The molecule has 17 heavy (non-hydrogen) atoms. The van der Waals surface area contributed by atoms with Gasteiger partial charge in [0.2, 0.25) is 0 Å². The Morgan fingerprint density at radius 1 is 1.53 bits per heavy atom. The number of benzene rings is 1. The Bertz CT molecular complexity index is 463. The molecule has 0 aliphatic rings. The van der Waals surface area contributed by atoms with E-state index in [4.69, 9.17) is 5.26 Å². The molecule has 3 nitrogen and oxygen atoms in total. The first-order valence-corrected chi connectivity index (χ1v) is 5.42. The second-order valence-corrected chi connectivity index (χ2v) is 4.12. The Balaban J connectivity index is 3.11. The summed E-state index contributed by atoms with van der Waals surface area (Å²) in [7, 11) is 0. The van der Waals surface area contributed by atoms with E-state index in [0.717, 1.165) is 0 Å². The average Bonchev–Trinajstić information content (AvgIpc) is 2.28. The number of carbonyl (C=O) groups is 1. The van der Waals surface area contributed by atoms with E-state index in [9.17, 15) is 9.18 Å². The van der Waals surface area contributed by atoms with Crippen LogP contribution in [0.25, 0.3) is 0 Å². The monoisotopic (exact) mass is 234 g/mol. The van der Waals surface area contributed by atoms with Gasteiger partial charge in [0.15, 0.2) is 0 Å². The largest absolute Gasteiger partial charge is 0.323 e. The molecule has 1 aromatic carbocycles. The van der Waals surface area contributed by atoms with Crippen LogP contribution in [0, 0.1) is 24.1 Å². The molecule has 0 bridgehead atoms. The van der Waals surface area contributed by atoms with Gasteiger partial charge in [-0.3, -0.25) is 4.79 Å². The maximum absolute atomic E-state index is 13.8. The Morgan fingerprint density at radius 2 is 2.18 bits per heavy atom. The highest BCUT2D eigenvalue weighted by atomic mass is 19.1. The van der Waals surface area contributed by atoms with Crippen LogP contribution < -0.4 is 0 Å². The second kappa shape index (κ2) is 5.44. The first-order chi connectivity index (χ1) is 7.99. The van der Waals surface area contributed by atoms with E-state index in [0.29, 0.717) is 5.56 Å². The zero-order valence-electron chi connectivity index (χ0n) is 10.2. The van der Waals surface area contributed by atoms with Crippen LogP contribution in [0.15, 0.2) is 18.2 Å². The minimum atomic E-state index is -0.513. The van der Waals surface area contributed by atoms with E-state index in [1.165, 1.54) is 11.0 Å². The fourth-order valence-electron chi connectivity index (χ4n) is 1.53. The van der Waals surface area contributed by atoms with Crippen LogP contribution in [0.1, 0.15) is 29.8 Å². The maximum Gasteiger partial charge on any atom is 0.257 e. The van der Waals surface area contributed by atoms with Crippen LogP contribution in [0.4, 0.5) is 4.39 Å². The van der Waals surface area contributed by atoms with Crippen molar-refractivity contribution in [2.24, 2.45) is 0 Å². The Kier molecular flexibility index (Phi) is 4.22. The summed E-state index contributed by atoms with van der Waals surface area (Å²) in [6.07, 6.45) is 0. The lowest BCUT2D eigenvalue weighted by atomic mass is 10.1. The lowest BCUT2D eigenvalue weighted by Crippen LogP contribution is -2.37. The molecule has 1 amide bonds. The molecule has 0 unspecified atom stereocenters. The molecule has 90 valence electrons. The fourth-order valence-corrected chi connectivity index (χ4v) is 1.53. The summed E-state index contributed by atoms with van der Waals surface area (Å²) in [5.74, 6) is -0.955. The molecular formula is C13H15FN2O. The van der Waals surface area contributed by atoms with Gasteiger partial charge < -0.3 is 4.90 Å². The van der Waals surface area contributed by atoms with Crippen LogP contribution >= 0.6 is 0 Å². The molecule has 0 heterocycles. The molecule has 0 fully saturated rings. The first kappa shape index (κ1) is 13.2. The summed E-state index contributed by atoms with van der Waals surface area (Å²) in [5, 5.41) is 8.67. The highest BCUT2D eigenvalue weighted by Crippen LogP contribution is 2.15. The number of halogens is 1. The van der Waals surface area contributed by atoms with Crippen molar-refractivity contribution in [2.75, 3.05) is 6.54 Å². The number of carbonyl (C=O) groups excluding carboxylic acids is 1. The number of aryl methyl sites for hydroxylation is 1. The molecule has 0 spiro atoms. The maximum atomic E-state index is 13.8. The number of nitriles is 1. The third-order valence-electron chi connectivity index (χ3n) is 2.55. The van der Waals surface area contributed by atoms with Crippen LogP contribution in [-0.2, 0) is 0 Å². The van der Waals surface area contributed by atoms with Gasteiger partial charge in [-0.1, -0.05) is 12.1 Å². The Morgan fingerprint density at radius 3 is 2.71 bits per heavy atom. The van der Waals surface area contributed by atoms with Gasteiger partial charge >= 0.3 is 0 Å². The van der Waals surface area contributed by atoms with Gasteiger partial charge in [-0.25, -0.2) is 4.39 Å². The lowest BCUT2D eigenvalue weighted by molar-refractivity contribution is 0.0726. The summed E-state index contributed by atoms with van der Waals surface area (Å²) in [6, 6.07) is 6.46. The third-order valence-corrected chi connectivity index (χ3v) is 2.55. The van der Waals surface area contributed by atoms with Crippen molar-refractivity contribution in [1.82, 2.24) is 4.90 Å². The molecule has 4 heteroatoms. The fraction of sp³-hybridized carbons (Fsp3) is 0.385. The Hall–Kier alpha value is -1.89. The zero-order valence-corrected chi connectivity index (χ0v) is 10.2. The molecule has 0 aliphatic heterocycles. The summed E-state index contributed by atoms with van der Waals surface area (Å²) in [6.45, 7) is 5.16. The van der Waals surface area contributed by atoms with Gasteiger partial charge in [-0.2, -0.15) is 5.26 Å². The molecule has 0 saturated heterocycles. The van der Waals surface area contributed by atoms with Crippen LogP contribution in [0.3, 0.4) is 0 Å². The van der Waals surface area contributed by atoms with Crippen molar-refractivity contribution in [1.29, 1.82) is 5.26 Å². The van der Waals surface area contributed by atoms with E-state index < -0.39 is 11.7 Å². The second-order valence-electron chi connectivity index (χ2n) is 4.12. The summed E-state index contributed by atoms with van der Waals surface area (Å²) in [5.41, 5.74) is 0.450. The van der Waals surface area contributed by atoms with E-state index >= 15 is 0 Å². The molecule has 0 aliphatic carbocycles. The third kappa shape index (κ3) is 2.82. The molecule has 0 N–H and O–H groups in total. The zero-order chi connectivity index (χ0) is 13.0. The van der Waals surface area contributed by atoms with Crippen molar-refractivity contribution >= 4 is 5.91 Å².